The van der Waals surface area contributed by atoms with Gasteiger partial charge >= 0.3 is 0 Å². The summed E-state index contributed by atoms with van der Waals surface area (Å²) in [7, 11) is 0. The summed E-state index contributed by atoms with van der Waals surface area (Å²) in [6.45, 7) is 7.18. The van der Waals surface area contributed by atoms with Gasteiger partial charge in [0.05, 0.1) is 5.04 Å². The van der Waals surface area contributed by atoms with Crippen LogP contribution in [0.3, 0.4) is 0 Å². The molecule has 0 aromatic heterocycles. The predicted molar refractivity (Wildman–Crippen MR) is 81.4 cm³/mol. The second-order valence-corrected chi connectivity index (χ2v) is 5.89. The number of hydrogen-bond donors (Lipinski definition) is 0. The fourth-order valence-electron chi connectivity index (χ4n) is 2.55. The van der Waals surface area contributed by atoms with E-state index in [9.17, 15) is 0 Å². The fourth-order valence-corrected chi connectivity index (χ4v) is 3.77. The number of hydrogen-bond acceptors (Lipinski definition) is 2. The first-order valence-corrected chi connectivity index (χ1v) is 7.51. The van der Waals surface area contributed by atoms with Crippen LogP contribution in [0.2, 0.25) is 0 Å². The van der Waals surface area contributed by atoms with Crippen LogP contribution in [0, 0.1) is 5.41 Å². The molecule has 0 saturated heterocycles. The van der Waals surface area contributed by atoms with Crippen LogP contribution >= 0.6 is 11.8 Å². The van der Waals surface area contributed by atoms with Gasteiger partial charge in [-0.25, -0.2) is 0 Å². The van der Waals surface area contributed by atoms with Crippen LogP contribution < -0.4 is 0 Å². The summed E-state index contributed by atoms with van der Waals surface area (Å²) in [4.78, 5) is 6.09. The lowest BCUT2D eigenvalue weighted by molar-refractivity contribution is 0.358. The zero-order chi connectivity index (χ0) is 12.8. The largest absolute Gasteiger partial charge is 0.282 e. The maximum atomic E-state index is 4.80. The van der Waals surface area contributed by atoms with Crippen LogP contribution in [0.15, 0.2) is 52.9 Å². The lowest BCUT2D eigenvalue weighted by atomic mass is 9.77. The van der Waals surface area contributed by atoms with E-state index in [1.165, 1.54) is 22.8 Å². The lowest BCUT2D eigenvalue weighted by Crippen LogP contribution is -2.31. The summed E-state index contributed by atoms with van der Waals surface area (Å²) in [5.74, 6) is 0. The summed E-state index contributed by atoms with van der Waals surface area (Å²) >= 11 is 1.84. The average Bonchev–Trinajstić information content (AvgIpc) is 2.42. The van der Waals surface area contributed by atoms with E-state index in [2.05, 4.69) is 49.9 Å². The fraction of sp³-hybridized carbons (Fsp3) is 0.438. The van der Waals surface area contributed by atoms with E-state index in [0.717, 1.165) is 19.4 Å². The van der Waals surface area contributed by atoms with Gasteiger partial charge in [0.2, 0.25) is 0 Å². The highest BCUT2D eigenvalue weighted by molar-refractivity contribution is 8.14. The van der Waals surface area contributed by atoms with Crippen molar-refractivity contribution in [3.8, 4) is 0 Å². The minimum atomic E-state index is 0.237. The minimum Gasteiger partial charge on any atom is -0.282 e. The van der Waals surface area contributed by atoms with Gasteiger partial charge in [0, 0.05) is 16.9 Å². The average molecular weight is 259 g/mol. The maximum absolute atomic E-state index is 4.80. The molecule has 0 bridgehead atoms. The van der Waals surface area contributed by atoms with Crippen LogP contribution in [0.25, 0.3) is 0 Å². The van der Waals surface area contributed by atoms with Crippen LogP contribution in [0.1, 0.15) is 32.6 Å². The number of rotatable bonds is 4. The summed E-state index contributed by atoms with van der Waals surface area (Å²) in [5, 5.41) is 1.31. The smallest absolute Gasteiger partial charge is 0.0788 e. The Balaban J connectivity index is 2.22. The monoisotopic (exact) mass is 259 g/mol. The molecule has 0 fully saturated rings. The SMILES string of the molecule is C=CCC1(CC)CCCN=C1Sc1ccccc1. The number of benzene rings is 1. The van der Waals surface area contributed by atoms with Crippen LogP contribution in [0.5, 0.6) is 0 Å². The molecule has 0 spiro atoms. The molecule has 1 aliphatic rings. The van der Waals surface area contributed by atoms with Crippen molar-refractivity contribution < 1.29 is 0 Å². The first kappa shape index (κ1) is 13.4. The third-order valence-corrected chi connectivity index (χ3v) is 4.96. The number of thioether (sulfide) groups is 1. The summed E-state index contributed by atoms with van der Waals surface area (Å²) in [5.41, 5.74) is 0.237. The molecule has 2 heteroatoms. The van der Waals surface area contributed by atoms with E-state index in [1.54, 1.807) is 0 Å². The molecule has 0 amide bonds. The Hall–Kier alpha value is -1.02. The highest BCUT2D eigenvalue weighted by Gasteiger charge is 2.35. The van der Waals surface area contributed by atoms with Crippen LogP contribution in [0.4, 0.5) is 0 Å². The van der Waals surface area contributed by atoms with Gasteiger partial charge < -0.3 is 0 Å². The number of nitrogens with zero attached hydrogens (tertiary/aromatic N) is 1. The second-order valence-electron chi connectivity index (χ2n) is 4.83. The second kappa shape index (κ2) is 6.24. The molecule has 1 aromatic rings. The van der Waals surface area contributed by atoms with E-state index < -0.39 is 0 Å². The van der Waals surface area contributed by atoms with Crippen LogP contribution in [-0.4, -0.2) is 11.6 Å². The molecule has 1 aromatic carbocycles. The molecule has 1 atom stereocenters. The zero-order valence-corrected chi connectivity index (χ0v) is 11.9. The van der Waals surface area contributed by atoms with Gasteiger partial charge in [0.25, 0.3) is 0 Å². The molecule has 0 aliphatic carbocycles. The molecule has 1 unspecified atom stereocenters. The zero-order valence-electron chi connectivity index (χ0n) is 11.1. The topological polar surface area (TPSA) is 12.4 Å². The van der Waals surface area contributed by atoms with Crippen molar-refractivity contribution in [1.82, 2.24) is 0 Å². The normalized spacial score (nSPS) is 23.5. The highest BCUT2D eigenvalue weighted by atomic mass is 32.2. The summed E-state index contributed by atoms with van der Waals surface area (Å²) < 4.78 is 0. The molecular formula is C16H21NS. The molecule has 1 aliphatic heterocycles. The maximum Gasteiger partial charge on any atom is 0.0788 e. The number of allylic oxidation sites excluding steroid dienone is 1. The quantitative estimate of drug-likeness (QED) is 0.697. The molecule has 96 valence electrons. The summed E-state index contributed by atoms with van der Waals surface area (Å²) in [6, 6.07) is 10.6. The van der Waals surface area contributed by atoms with Crippen molar-refractivity contribution in [1.29, 1.82) is 0 Å². The molecule has 2 rings (SSSR count). The van der Waals surface area contributed by atoms with E-state index in [0.29, 0.717) is 0 Å². The van der Waals surface area contributed by atoms with Gasteiger partial charge in [0.15, 0.2) is 0 Å². The van der Waals surface area contributed by atoms with Crippen LogP contribution in [-0.2, 0) is 0 Å². The van der Waals surface area contributed by atoms with E-state index in [4.69, 9.17) is 4.99 Å². The molecule has 1 heterocycles. The Bertz CT molecular complexity index is 424. The van der Waals surface area contributed by atoms with Crippen molar-refractivity contribution >= 4 is 16.8 Å². The van der Waals surface area contributed by atoms with Gasteiger partial charge in [-0.15, -0.1) is 6.58 Å². The standard InChI is InChI=1S/C16H21NS/c1-3-11-16(4-2)12-8-13-17-15(16)18-14-9-6-5-7-10-14/h3,5-7,9-10H,1,4,8,11-13H2,2H3. The Morgan fingerprint density at radius 2 is 2.17 bits per heavy atom. The highest BCUT2D eigenvalue weighted by Crippen LogP contribution is 2.43. The lowest BCUT2D eigenvalue weighted by Gasteiger charge is -2.36. The first-order valence-electron chi connectivity index (χ1n) is 6.69. The van der Waals surface area contributed by atoms with E-state index in [1.807, 2.05) is 11.8 Å². The van der Waals surface area contributed by atoms with Gasteiger partial charge in [0.1, 0.15) is 0 Å². The Morgan fingerprint density at radius 1 is 1.39 bits per heavy atom. The van der Waals surface area contributed by atoms with Crippen molar-refractivity contribution in [3.05, 3.63) is 43.0 Å². The molecule has 0 N–H and O–H groups in total. The molecule has 1 nitrogen and oxygen atoms in total. The third-order valence-electron chi connectivity index (χ3n) is 3.69. The van der Waals surface area contributed by atoms with Gasteiger partial charge in [-0.05, 0) is 37.8 Å². The minimum absolute atomic E-state index is 0.237. The predicted octanol–water partition coefficient (Wildman–Crippen LogP) is 4.94. The van der Waals surface area contributed by atoms with Gasteiger partial charge in [-0.1, -0.05) is 43.0 Å². The number of aliphatic imine (C=N–C) groups is 1. The Morgan fingerprint density at radius 3 is 2.83 bits per heavy atom. The first-order chi connectivity index (χ1) is 8.80. The van der Waals surface area contributed by atoms with Crippen molar-refractivity contribution in [2.45, 2.75) is 37.5 Å². The molecule has 18 heavy (non-hydrogen) atoms. The molecule has 0 saturated carbocycles. The Labute approximate surface area is 114 Å². The van der Waals surface area contributed by atoms with Crippen molar-refractivity contribution in [3.63, 3.8) is 0 Å². The summed E-state index contributed by atoms with van der Waals surface area (Å²) in [6.07, 6.45) is 6.70. The van der Waals surface area contributed by atoms with Gasteiger partial charge in [-0.2, -0.15) is 0 Å². The van der Waals surface area contributed by atoms with Crippen molar-refractivity contribution in [2.24, 2.45) is 10.4 Å². The third kappa shape index (κ3) is 2.86. The van der Waals surface area contributed by atoms with Crippen molar-refractivity contribution in [2.75, 3.05) is 6.54 Å². The molecular weight excluding hydrogens is 238 g/mol. The molecule has 0 radical (unpaired) electrons. The van der Waals surface area contributed by atoms with Gasteiger partial charge in [-0.3, -0.25) is 4.99 Å². The Kier molecular flexibility index (Phi) is 4.65. The van der Waals surface area contributed by atoms with E-state index >= 15 is 0 Å². The van der Waals surface area contributed by atoms with E-state index in [-0.39, 0.29) is 5.41 Å².